The van der Waals surface area contributed by atoms with E-state index in [0.29, 0.717) is 25.1 Å². The Bertz CT molecular complexity index is 1130. The standard InChI is InChI=1S/C29H41N3O4S/c1-4-26(29(34)30-25-17-9-6-10-18-25)31(22-24-15-7-5-8-16-24)28(33)20-13-21-32(37(3,35)36)27-19-12-11-14-23(27)2/h5,7-8,11-12,14-16,19,25-26H,4,6,9-10,13,17-18,20-22H2,1-3H3,(H,30,34)/t26-/m0/s1. The molecule has 0 aromatic heterocycles. The number of hydrogen-bond donors (Lipinski definition) is 1. The lowest BCUT2D eigenvalue weighted by Crippen LogP contribution is -2.51. The van der Waals surface area contributed by atoms with Gasteiger partial charge in [-0.05, 0) is 49.8 Å². The SMILES string of the molecule is CC[C@@H](C(=O)NC1CCCCC1)N(Cc1ccccc1)C(=O)CCCN(c1ccccc1C)S(C)(=O)=O. The van der Waals surface area contributed by atoms with E-state index < -0.39 is 16.1 Å². The van der Waals surface area contributed by atoms with Gasteiger partial charge in [0.05, 0.1) is 11.9 Å². The molecule has 1 fully saturated rings. The topological polar surface area (TPSA) is 86.8 Å². The van der Waals surface area contributed by atoms with Gasteiger partial charge in [-0.3, -0.25) is 13.9 Å². The molecule has 2 aromatic rings. The maximum absolute atomic E-state index is 13.6. The molecule has 1 saturated carbocycles. The van der Waals surface area contributed by atoms with Crippen LogP contribution in [0.15, 0.2) is 54.6 Å². The molecule has 8 heteroatoms. The highest BCUT2D eigenvalue weighted by molar-refractivity contribution is 7.92. The largest absolute Gasteiger partial charge is 0.352 e. The zero-order valence-corrected chi connectivity index (χ0v) is 23.2. The highest BCUT2D eigenvalue weighted by atomic mass is 32.2. The number of nitrogens with zero attached hydrogens (tertiary/aromatic N) is 2. The van der Waals surface area contributed by atoms with Crippen molar-refractivity contribution in [1.29, 1.82) is 0 Å². The number of hydrogen-bond acceptors (Lipinski definition) is 4. The highest BCUT2D eigenvalue weighted by Crippen LogP contribution is 2.23. The molecule has 0 radical (unpaired) electrons. The quantitative estimate of drug-likeness (QED) is 0.430. The number of carbonyl (C=O) groups excluding carboxylic acids is 2. The molecule has 0 saturated heterocycles. The zero-order valence-electron chi connectivity index (χ0n) is 22.4. The third-order valence-corrected chi connectivity index (χ3v) is 8.25. The summed E-state index contributed by atoms with van der Waals surface area (Å²) in [7, 11) is -3.51. The lowest BCUT2D eigenvalue weighted by molar-refractivity contribution is -0.141. The maximum Gasteiger partial charge on any atom is 0.243 e. The second-order valence-electron chi connectivity index (χ2n) is 10.00. The predicted molar refractivity (Wildman–Crippen MR) is 149 cm³/mol. The van der Waals surface area contributed by atoms with Crippen LogP contribution in [0.2, 0.25) is 0 Å². The minimum absolute atomic E-state index is 0.101. The van der Waals surface area contributed by atoms with Crippen molar-refractivity contribution >= 4 is 27.5 Å². The van der Waals surface area contributed by atoms with Gasteiger partial charge in [-0.15, -0.1) is 0 Å². The van der Waals surface area contributed by atoms with Gasteiger partial charge in [-0.1, -0.05) is 74.7 Å². The minimum atomic E-state index is -3.51. The van der Waals surface area contributed by atoms with Gasteiger partial charge in [0.25, 0.3) is 0 Å². The molecule has 7 nitrogen and oxygen atoms in total. The first-order valence-corrected chi connectivity index (χ1v) is 15.2. The summed E-state index contributed by atoms with van der Waals surface area (Å²) >= 11 is 0. The fraction of sp³-hybridized carbons (Fsp3) is 0.517. The van der Waals surface area contributed by atoms with Crippen molar-refractivity contribution < 1.29 is 18.0 Å². The molecule has 2 aromatic carbocycles. The Morgan fingerprint density at radius 1 is 1.00 bits per heavy atom. The summed E-state index contributed by atoms with van der Waals surface area (Å²) in [6.07, 6.45) is 7.60. The number of aryl methyl sites for hydroxylation is 1. The molecule has 0 unspecified atom stereocenters. The van der Waals surface area contributed by atoms with E-state index in [1.54, 1.807) is 11.0 Å². The van der Waals surface area contributed by atoms with Gasteiger partial charge in [-0.2, -0.15) is 0 Å². The van der Waals surface area contributed by atoms with Crippen LogP contribution in [0.1, 0.15) is 69.4 Å². The van der Waals surface area contributed by atoms with E-state index in [2.05, 4.69) is 5.32 Å². The van der Waals surface area contributed by atoms with Crippen molar-refractivity contribution in [2.24, 2.45) is 0 Å². The second-order valence-corrected chi connectivity index (χ2v) is 11.9. The molecule has 1 atom stereocenters. The zero-order chi connectivity index (χ0) is 26.8. The first-order chi connectivity index (χ1) is 17.7. The number of para-hydroxylation sites is 1. The fourth-order valence-corrected chi connectivity index (χ4v) is 6.09. The molecule has 1 aliphatic rings. The molecule has 3 rings (SSSR count). The van der Waals surface area contributed by atoms with Crippen LogP contribution in [0, 0.1) is 6.92 Å². The molecule has 2 amide bonds. The number of rotatable bonds is 12. The first-order valence-electron chi connectivity index (χ1n) is 13.4. The van der Waals surface area contributed by atoms with Crippen molar-refractivity contribution in [2.45, 2.75) is 83.8 Å². The molecule has 1 N–H and O–H groups in total. The molecular weight excluding hydrogens is 486 g/mol. The van der Waals surface area contributed by atoms with E-state index in [1.807, 2.05) is 62.4 Å². The maximum atomic E-state index is 13.6. The van der Waals surface area contributed by atoms with Gasteiger partial charge < -0.3 is 10.2 Å². The first kappa shape index (κ1) is 28.7. The minimum Gasteiger partial charge on any atom is -0.352 e. The average Bonchev–Trinajstić information content (AvgIpc) is 2.87. The van der Waals surface area contributed by atoms with Crippen molar-refractivity contribution in [3.8, 4) is 0 Å². The van der Waals surface area contributed by atoms with E-state index in [1.165, 1.54) is 17.0 Å². The Labute approximate surface area is 222 Å². The summed E-state index contributed by atoms with van der Waals surface area (Å²) in [6.45, 7) is 4.33. The van der Waals surface area contributed by atoms with Crippen molar-refractivity contribution in [1.82, 2.24) is 10.2 Å². The van der Waals surface area contributed by atoms with Gasteiger partial charge >= 0.3 is 0 Å². The lowest BCUT2D eigenvalue weighted by atomic mass is 9.95. The second kappa shape index (κ2) is 13.6. The number of carbonyl (C=O) groups is 2. The van der Waals surface area contributed by atoms with Gasteiger partial charge in [0.15, 0.2) is 0 Å². The van der Waals surface area contributed by atoms with E-state index >= 15 is 0 Å². The van der Waals surface area contributed by atoms with E-state index in [-0.39, 0.29) is 30.8 Å². The van der Waals surface area contributed by atoms with Gasteiger partial charge in [0.1, 0.15) is 6.04 Å². The van der Waals surface area contributed by atoms with Gasteiger partial charge in [-0.25, -0.2) is 8.42 Å². The fourth-order valence-electron chi connectivity index (χ4n) is 5.07. The van der Waals surface area contributed by atoms with Crippen LogP contribution in [0.3, 0.4) is 0 Å². The molecular formula is C29H41N3O4S. The van der Waals surface area contributed by atoms with Crippen LogP contribution in [0.4, 0.5) is 5.69 Å². The monoisotopic (exact) mass is 527 g/mol. The number of amides is 2. The number of sulfonamides is 1. The van der Waals surface area contributed by atoms with E-state index in [0.717, 1.165) is 36.8 Å². The predicted octanol–water partition coefficient (Wildman–Crippen LogP) is 4.80. The normalized spacial score (nSPS) is 15.1. The van der Waals surface area contributed by atoms with Crippen LogP contribution >= 0.6 is 0 Å². The van der Waals surface area contributed by atoms with Crippen molar-refractivity contribution in [3.05, 3.63) is 65.7 Å². The summed E-state index contributed by atoms with van der Waals surface area (Å²) in [4.78, 5) is 28.6. The third kappa shape index (κ3) is 8.32. The van der Waals surface area contributed by atoms with Crippen LogP contribution in [-0.4, -0.2) is 50.0 Å². The Balaban J connectivity index is 1.74. The highest BCUT2D eigenvalue weighted by Gasteiger charge is 2.30. The van der Waals surface area contributed by atoms with Crippen LogP contribution in [-0.2, 0) is 26.2 Å². The smallest absolute Gasteiger partial charge is 0.243 e. The lowest BCUT2D eigenvalue weighted by Gasteiger charge is -2.33. The Morgan fingerprint density at radius 3 is 2.27 bits per heavy atom. The molecule has 0 heterocycles. The number of nitrogens with one attached hydrogen (secondary N) is 1. The Kier molecular flexibility index (Phi) is 10.6. The molecule has 0 spiro atoms. The number of benzene rings is 2. The van der Waals surface area contributed by atoms with Crippen LogP contribution < -0.4 is 9.62 Å². The number of anilines is 1. The molecule has 202 valence electrons. The van der Waals surface area contributed by atoms with Crippen molar-refractivity contribution in [3.63, 3.8) is 0 Å². The molecule has 0 aliphatic heterocycles. The van der Waals surface area contributed by atoms with Crippen LogP contribution in [0.25, 0.3) is 0 Å². The summed E-state index contributed by atoms with van der Waals surface area (Å²) in [5, 5.41) is 3.19. The summed E-state index contributed by atoms with van der Waals surface area (Å²) in [5.41, 5.74) is 2.43. The Morgan fingerprint density at radius 2 is 1.65 bits per heavy atom. The summed E-state index contributed by atoms with van der Waals surface area (Å²) in [6, 6.07) is 16.6. The van der Waals surface area contributed by atoms with E-state index in [9.17, 15) is 18.0 Å². The Hall–Kier alpha value is -2.87. The third-order valence-electron chi connectivity index (χ3n) is 7.07. The molecule has 0 bridgehead atoms. The van der Waals surface area contributed by atoms with E-state index in [4.69, 9.17) is 0 Å². The molecule has 1 aliphatic carbocycles. The van der Waals surface area contributed by atoms with Crippen molar-refractivity contribution in [2.75, 3.05) is 17.1 Å². The average molecular weight is 528 g/mol. The van der Waals surface area contributed by atoms with Crippen LogP contribution in [0.5, 0.6) is 0 Å². The summed E-state index contributed by atoms with van der Waals surface area (Å²) < 4.78 is 26.5. The summed E-state index contributed by atoms with van der Waals surface area (Å²) in [5.74, 6) is -0.246. The van der Waals surface area contributed by atoms with Gasteiger partial charge in [0, 0.05) is 25.6 Å². The molecule has 37 heavy (non-hydrogen) atoms. The van der Waals surface area contributed by atoms with Gasteiger partial charge in [0.2, 0.25) is 21.8 Å².